The summed E-state index contributed by atoms with van der Waals surface area (Å²) in [5, 5.41) is 0.475. The summed E-state index contributed by atoms with van der Waals surface area (Å²) in [4.78, 5) is 71.4. The number of carbonyl (C=O) groups is 5. The van der Waals surface area contributed by atoms with Gasteiger partial charge >= 0.3 is 17.9 Å². The predicted octanol–water partition coefficient (Wildman–Crippen LogP) is 4.97. The Morgan fingerprint density at radius 1 is 0.915 bits per heavy atom. The number of nitrogens with zero attached hydrogens (tertiary/aromatic N) is 2. The lowest BCUT2D eigenvalue weighted by molar-refractivity contribution is -0.163. The second-order valence-electron chi connectivity index (χ2n) is 14.4. The van der Waals surface area contributed by atoms with E-state index in [9.17, 15) is 24.0 Å². The van der Waals surface area contributed by atoms with Crippen LogP contribution in [-0.2, 0) is 39.9 Å². The molecule has 0 unspecified atom stereocenters. The first-order valence-corrected chi connectivity index (χ1v) is 16.8. The van der Waals surface area contributed by atoms with Gasteiger partial charge in [-0.05, 0) is 81.9 Å². The maximum absolute atomic E-state index is 14.6. The number of ether oxygens (including phenoxy) is 3. The van der Waals surface area contributed by atoms with E-state index >= 15 is 0 Å². The molecule has 6 rings (SSSR count). The van der Waals surface area contributed by atoms with Crippen molar-refractivity contribution in [1.82, 2.24) is 9.80 Å². The SMILES string of the molecule is COC(=O)[C@@]1(C)CC=CC[C@H]1C(=O)Oc1ccc(Cl)c2c1[C@@H](CN1CC3(CC3)CC1=O)N(C(=O)[C@@H]1CC=CC[C@]1(C)C(=O)OC)CC2. The van der Waals surface area contributed by atoms with Crippen LogP contribution in [0.3, 0.4) is 0 Å². The van der Waals surface area contributed by atoms with Crippen molar-refractivity contribution in [3.63, 3.8) is 0 Å². The van der Waals surface area contributed by atoms with Gasteiger partial charge in [-0.15, -0.1) is 0 Å². The molecule has 0 radical (unpaired) electrons. The Bertz CT molecular complexity index is 1570. The Labute approximate surface area is 280 Å². The molecule has 1 aromatic rings. The van der Waals surface area contributed by atoms with Crippen LogP contribution in [0.1, 0.15) is 76.0 Å². The topological polar surface area (TPSA) is 120 Å². The first-order valence-electron chi connectivity index (χ1n) is 16.5. The molecule has 2 fully saturated rings. The Balaban J connectivity index is 1.39. The second-order valence-corrected chi connectivity index (χ2v) is 14.8. The van der Waals surface area contributed by atoms with E-state index in [1.807, 2.05) is 29.2 Å². The molecule has 3 aliphatic carbocycles. The first-order chi connectivity index (χ1) is 22.4. The number of amides is 2. The largest absolute Gasteiger partial charge is 0.469 e. The quantitative estimate of drug-likeness (QED) is 0.227. The zero-order valence-electron chi connectivity index (χ0n) is 27.5. The third kappa shape index (κ3) is 5.76. The Kier molecular flexibility index (Phi) is 8.78. The van der Waals surface area contributed by atoms with Crippen LogP contribution in [0.15, 0.2) is 36.4 Å². The fraction of sp³-hybridized carbons (Fsp3) is 0.583. The van der Waals surface area contributed by atoms with Gasteiger partial charge in [0, 0.05) is 36.6 Å². The van der Waals surface area contributed by atoms with Crippen molar-refractivity contribution in [1.29, 1.82) is 0 Å². The molecule has 1 saturated heterocycles. The van der Waals surface area contributed by atoms with E-state index in [0.717, 1.165) is 18.4 Å². The third-order valence-electron chi connectivity index (χ3n) is 11.4. The number of esters is 3. The number of carbonyl (C=O) groups excluding carboxylic acids is 5. The predicted molar refractivity (Wildman–Crippen MR) is 172 cm³/mol. The summed E-state index contributed by atoms with van der Waals surface area (Å²) in [5.41, 5.74) is -0.854. The zero-order chi connectivity index (χ0) is 33.7. The highest BCUT2D eigenvalue weighted by molar-refractivity contribution is 6.31. The number of benzene rings is 1. The van der Waals surface area contributed by atoms with Gasteiger partial charge < -0.3 is 24.0 Å². The monoisotopic (exact) mass is 666 g/mol. The van der Waals surface area contributed by atoms with E-state index in [1.165, 1.54) is 14.2 Å². The van der Waals surface area contributed by atoms with Crippen LogP contribution in [0, 0.1) is 28.1 Å². The van der Waals surface area contributed by atoms with E-state index < -0.39 is 46.6 Å². The minimum Gasteiger partial charge on any atom is -0.469 e. The minimum atomic E-state index is -1.11. The maximum atomic E-state index is 14.6. The van der Waals surface area contributed by atoms with Crippen molar-refractivity contribution in [2.75, 3.05) is 33.9 Å². The van der Waals surface area contributed by atoms with E-state index in [0.29, 0.717) is 62.2 Å². The van der Waals surface area contributed by atoms with Crippen LogP contribution in [0.2, 0.25) is 5.02 Å². The second kappa shape index (κ2) is 12.4. The number of fused-ring (bicyclic) bond motifs is 1. The average Bonchev–Trinajstić information content (AvgIpc) is 3.75. The van der Waals surface area contributed by atoms with Gasteiger partial charge in [-0.25, -0.2) is 0 Å². The van der Waals surface area contributed by atoms with Crippen LogP contribution in [0.25, 0.3) is 0 Å². The zero-order valence-corrected chi connectivity index (χ0v) is 28.3. The summed E-state index contributed by atoms with van der Waals surface area (Å²) in [7, 11) is 2.63. The Morgan fingerprint density at radius 2 is 1.53 bits per heavy atom. The van der Waals surface area contributed by atoms with E-state index in [-0.39, 0.29) is 29.5 Å². The number of methoxy groups -OCH3 is 2. The van der Waals surface area contributed by atoms with Gasteiger partial charge in [-0.3, -0.25) is 24.0 Å². The summed E-state index contributed by atoms with van der Waals surface area (Å²) in [6, 6.07) is 2.62. The Hall–Kier alpha value is -3.66. The highest BCUT2D eigenvalue weighted by Crippen LogP contribution is 2.54. The van der Waals surface area contributed by atoms with Gasteiger partial charge in [0.05, 0.1) is 42.9 Å². The van der Waals surface area contributed by atoms with Gasteiger partial charge in [0.2, 0.25) is 11.8 Å². The highest BCUT2D eigenvalue weighted by Gasteiger charge is 2.54. The summed E-state index contributed by atoms with van der Waals surface area (Å²) in [6.07, 6.45) is 11.8. The van der Waals surface area contributed by atoms with E-state index in [2.05, 4.69) is 0 Å². The molecule has 0 bridgehead atoms. The molecule has 5 aliphatic rings. The summed E-state index contributed by atoms with van der Waals surface area (Å²) in [5.74, 6) is -2.96. The smallest absolute Gasteiger partial charge is 0.315 e. The van der Waals surface area contributed by atoms with Gasteiger partial charge in [0.25, 0.3) is 0 Å². The van der Waals surface area contributed by atoms with Crippen LogP contribution < -0.4 is 4.74 Å². The van der Waals surface area contributed by atoms with Crippen molar-refractivity contribution < 1.29 is 38.2 Å². The van der Waals surface area contributed by atoms with Gasteiger partial charge in [0.15, 0.2) is 0 Å². The van der Waals surface area contributed by atoms with Gasteiger partial charge in [-0.1, -0.05) is 35.9 Å². The number of allylic oxidation sites excluding steroid dienone is 4. The number of hydrogen-bond donors (Lipinski definition) is 0. The molecular formula is C36H43ClN2O8. The molecule has 2 heterocycles. The van der Waals surface area contributed by atoms with Crippen LogP contribution >= 0.6 is 11.6 Å². The Morgan fingerprint density at radius 3 is 2.13 bits per heavy atom. The molecule has 0 N–H and O–H groups in total. The van der Waals surface area contributed by atoms with Crippen molar-refractivity contribution in [2.24, 2.45) is 28.1 Å². The molecule has 11 heteroatoms. The molecular weight excluding hydrogens is 624 g/mol. The number of likely N-dealkylation sites (tertiary alicyclic amines) is 1. The van der Waals surface area contributed by atoms with E-state index in [4.69, 9.17) is 25.8 Å². The van der Waals surface area contributed by atoms with Gasteiger partial charge in [0.1, 0.15) is 5.75 Å². The minimum absolute atomic E-state index is 0.00247. The van der Waals surface area contributed by atoms with Crippen molar-refractivity contribution in [2.45, 2.75) is 71.3 Å². The number of halogens is 1. The lowest BCUT2D eigenvalue weighted by atomic mass is 9.69. The average molecular weight is 667 g/mol. The molecule has 2 aliphatic heterocycles. The third-order valence-corrected chi connectivity index (χ3v) is 11.8. The molecule has 1 spiro atoms. The normalized spacial score (nSPS) is 30.6. The molecule has 0 aromatic heterocycles. The summed E-state index contributed by atoms with van der Waals surface area (Å²) < 4.78 is 16.4. The van der Waals surface area contributed by atoms with Crippen LogP contribution in [0.4, 0.5) is 0 Å². The maximum Gasteiger partial charge on any atom is 0.315 e. The molecule has 47 heavy (non-hydrogen) atoms. The van der Waals surface area contributed by atoms with Crippen molar-refractivity contribution >= 4 is 41.3 Å². The molecule has 1 aromatic carbocycles. The highest BCUT2D eigenvalue weighted by atomic mass is 35.5. The first kappa shape index (κ1) is 33.2. The fourth-order valence-electron chi connectivity index (χ4n) is 8.14. The standard InChI is InChI=1S/C36H43ClN2O8/c1-34(32(43)45-3)14-7-5-9-23(34)30(41)39-18-13-22-25(37)11-12-27(29(22)26(39)20-38-21-36(16-17-36)19-28(38)40)47-31(42)24-10-6-8-15-35(24,2)33(44)46-4/h5-8,11-12,23-24,26H,9-10,13-21H2,1-4H3/t23-,24-,26+,34-,35-/m0/s1. The molecule has 10 nitrogen and oxygen atoms in total. The van der Waals surface area contributed by atoms with Crippen LogP contribution in [0.5, 0.6) is 5.75 Å². The van der Waals surface area contributed by atoms with Crippen molar-refractivity contribution in [3.05, 3.63) is 52.6 Å². The summed E-state index contributed by atoms with van der Waals surface area (Å²) >= 11 is 6.79. The molecule has 5 atom stereocenters. The van der Waals surface area contributed by atoms with Crippen LogP contribution in [-0.4, -0.2) is 73.4 Å². The van der Waals surface area contributed by atoms with Gasteiger partial charge in [-0.2, -0.15) is 0 Å². The fourth-order valence-corrected chi connectivity index (χ4v) is 8.40. The molecule has 252 valence electrons. The lowest BCUT2D eigenvalue weighted by Gasteiger charge is -2.44. The summed E-state index contributed by atoms with van der Waals surface area (Å²) in [6.45, 7) is 4.59. The van der Waals surface area contributed by atoms with E-state index in [1.54, 1.807) is 30.9 Å². The lowest BCUT2D eigenvalue weighted by Crippen LogP contribution is -2.52. The molecule has 1 saturated carbocycles. The number of rotatable bonds is 7. The number of hydrogen-bond acceptors (Lipinski definition) is 8. The van der Waals surface area contributed by atoms with Crippen molar-refractivity contribution in [3.8, 4) is 5.75 Å². The molecule has 2 amide bonds.